The summed E-state index contributed by atoms with van der Waals surface area (Å²) in [7, 11) is 0. The van der Waals surface area contributed by atoms with E-state index in [4.69, 9.17) is 0 Å². The molecule has 46 heavy (non-hydrogen) atoms. The third kappa shape index (κ3) is 13.1. The fourth-order valence-corrected chi connectivity index (χ4v) is 8.59. The second-order valence-corrected chi connectivity index (χ2v) is 19.7. The van der Waals surface area contributed by atoms with Crippen molar-refractivity contribution in [2.24, 2.45) is 57.2 Å². The summed E-state index contributed by atoms with van der Waals surface area (Å²) < 4.78 is 0. The third-order valence-corrected chi connectivity index (χ3v) is 11.8. The quantitative estimate of drug-likeness (QED) is 0.151. The molecule has 2 aliphatic rings. The van der Waals surface area contributed by atoms with Crippen LogP contribution in [0.15, 0.2) is 0 Å². The van der Waals surface area contributed by atoms with E-state index in [-0.39, 0.29) is 69.4 Å². The van der Waals surface area contributed by atoms with Crippen molar-refractivity contribution in [1.82, 2.24) is 10.6 Å². The normalized spacial score (nSPS) is 29.8. The Hall–Kier alpha value is -1.14. The molecule has 0 saturated heterocycles. The van der Waals surface area contributed by atoms with E-state index in [1.54, 1.807) is 0 Å². The average Bonchev–Trinajstić information content (AvgIpc) is 2.90. The summed E-state index contributed by atoms with van der Waals surface area (Å²) in [5.74, 6) is 2.30. The fourth-order valence-electron chi connectivity index (χ4n) is 8.59. The number of hydrogen-bond acceptors (Lipinski definition) is 4. The smallest absolute Gasteiger partial charge is 0.220 e. The lowest BCUT2D eigenvalue weighted by molar-refractivity contribution is -0.123. The minimum Gasteiger partial charge on any atom is -0.393 e. The lowest BCUT2D eigenvalue weighted by atomic mass is 9.58. The summed E-state index contributed by atoms with van der Waals surface area (Å²) >= 11 is 0. The van der Waals surface area contributed by atoms with Gasteiger partial charge in [-0.15, -0.1) is 0 Å². The van der Waals surface area contributed by atoms with Gasteiger partial charge in [-0.3, -0.25) is 9.59 Å². The Morgan fingerprint density at radius 1 is 0.500 bits per heavy atom. The molecule has 2 fully saturated rings. The SMILES string of the molecule is CC(C)(C)C1CC(CCC(=O)NCCCCCCNC(=O)CCC2CC(C(C)(C)C)C(O)C(C(C)(C)C)C2)CC(C(C)(C)C)C1O. The minimum absolute atomic E-state index is 0.0546. The maximum Gasteiger partial charge on any atom is 0.220 e. The maximum atomic E-state index is 12.6. The first kappa shape index (κ1) is 41.0. The van der Waals surface area contributed by atoms with Crippen molar-refractivity contribution in [2.75, 3.05) is 13.1 Å². The van der Waals surface area contributed by atoms with Crippen LogP contribution in [0.5, 0.6) is 0 Å². The number of amides is 2. The van der Waals surface area contributed by atoms with E-state index >= 15 is 0 Å². The molecule has 2 aliphatic carbocycles. The molecule has 2 amide bonds. The molecule has 4 atom stereocenters. The van der Waals surface area contributed by atoms with Crippen LogP contribution < -0.4 is 10.6 Å². The fraction of sp³-hybridized carbons (Fsp3) is 0.950. The molecule has 4 N–H and O–H groups in total. The van der Waals surface area contributed by atoms with Gasteiger partial charge in [0.15, 0.2) is 0 Å². The van der Waals surface area contributed by atoms with Crippen molar-refractivity contribution in [3.8, 4) is 0 Å². The van der Waals surface area contributed by atoms with Crippen LogP contribution in [-0.2, 0) is 9.59 Å². The van der Waals surface area contributed by atoms with Crippen LogP contribution in [0.1, 0.15) is 160 Å². The molecule has 0 aromatic rings. The highest BCUT2D eigenvalue weighted by Crippen LogP contribution is 2.50. The van der Waals surface area contributed by atoms with Crippen molar-refractivity contribution in [2.45, 2.75) is 172 Å². The highest BCUT2D eigenvalue weighted by molar-refractivity contribution is 5.76. The number of unbranched alkanes of at least 4 members (excludes halogenated alkanes) is 3. The summed E-state index contributed by atoms with van der Waals surface area (Å²) in [5, 5.41) is 28.6. The van der Waals surface area contributed by atoms with Crippen molar-refractivity contribution in [1.29, 1.82) is 0 Å². The molecule has 4 unspecified atom stereocenters. The van der Waals surface area contributed by atoms with Crippen molar-refractivity contribution < 1.29 is 19.8 Å². The van der Waals surface area contributed by atoms with Crippen LogP contribution in [0.3, 0.4) is 0 Å². The zero-order valence-corrected chi connectivity index (χ0v) is 32.2. The summed E-state index contributed by atoms with van der Waals surface area (Å²) in [6.07, 6.45) is 10.4. The minimum atomic E-state index is -0.279. The van der Waals surface area contributed by atoms with Gasteiger partial charge in [0.1, 0.15) is 0 Å². The van der Waals surface area contributed by atoms with E-state index in [1.807, 2.05) is 0 Å². The number of rotatable bonds is 13. The Kier molecular flexibility index (Phi) is 15.2. The molecule has 6 nitrogen and oxygen atoms in total. The number of nitrogens with one attached hydrogen (secondary N) is 2. The van der Waals surface area contributed by atoms with E-state index in [0.717, 1.165) is 64.2 Å². The first-order valence-electron chi connectivity index (χ1n) is 18.9. The lowest BCUT2D eigenvalue weighted by Gasteiger charge is -2.49. The van der Waals surface area contributed by atoms with Gasteiger partial charge in [0, 0.05) is 25.9 Å². The molecule has 0 radical (unpaired) electrons. The highest BCUT2D eigenvalue weighted by Gasteiger charge is 2.47. The molecule has 0 aromatic carbocycles. The number of aliphatic hydroxyl groups is 2. The van der Waals surface area contributed by atoms with Gasteiger partial charge in [0.25, 0.3) is 0 Å². The Bertz CT molecular complexity index is 811. The molecule has 0 spiro atoms. The predicted octanol–water partition coefficient (Wildman–Crippen LogP) is 8.53. The van der Waals surface area contributed by atoms with Gasteiger partial charge in [-0.1, -0.05) is 95.9 Å². The van der Waals surface area contributed by atoms with Crippen LogP contribution in [0.2, 0.25) is 0 Å². The standard InChI is InChI=1S/C40H76N2O4/c1-37(2,3)29-23-27(24-30(35(29)45)38(4,5)6)17-19-33(43)41-21-15-13-14-16-22-42-34(44)20-18-28-25-31(39(7,8)9)36(46)32(26-28)40(10,11)12/h27-32,35-36,45-46H,13-26H2,1-12H3,(H,41,43)(H,42,44). The second kappa shape index (κ2) is 17.0. The van der Waals surface area contributed by atoms with Crippen LogP contribution in [-0.4, -0.2) is 47.3 Å². The molecule has 6 heteroatoms. The third-order valence-electron chi connectivity index (χ3n) is 11.8. The summed E-state index contributed by atoms with van der Waals surface area (Å²) in [5.41, 5.74) is 0.219. The molecule has 2 saturated carbocycles. The molecular formula is C40H76N2O4. The first-order valence-corrected chi connectivity index (χ1v) is 18.9. The summed E-state index contributed by atoms with van der Waals surface area (Å²) in [6.45, 7) is 28.2. The Morgan fingerprint density at radius 3 is 1.00 bits per heavy atom. The molecule has 2 rings (SSSR count). The molecule has 0 heterocycles. The number of aliphatic hydroxyl groups excluding tert-OH is 2. The molecule has 270 valence electrons. The van der Waals surface area contributed by atoms with Crippen LogP contribution in [0, 0.1) is 57.2 Å². The van der Waals surface area contributed by atoms with Crippen molar-refractivity contribution in [3.63, 3.8) is 0 Å². The average molecular weight is 649 g/mol. The number of hydrogen-bond donors (Lipinski definition) is 4. The summed E-state index contributed by atoms with van der Waals surface area (Å²) in [6, 6.07) is 0. The van der Waals surface area contributed by atoms with Gasteiger partial charge in [-0.05, 0) is 109 Å². The predicted molar refractivity (Wildman–Crippen MR) is 192 cm³/mol. The van der Waals surface area contributed by atoms with Crippen molar-refractivity contribution >= 4 is 11.8 Å². The molecular weight excluding hydrogens is 572 g/mol. The zero-order valence-electron chi connectivity index (χ0n) is 32.2. The summed E-state index contributed by atoms with van der Waals surface area (Å²) in [4.78, 5) is 25.2. The molecule has 0 aromatic heterocycles. The number of carbonyl (C=O) groups is 2. The largest absolute Gasteiger partial charge is 0.393 e. The van der Waals surface area contributed by atoms with Gasteiger partial charge >= 0.3 is 0 Å². The lowest BCUT2D eigenvalue weighted by Crippen LogP contribution is -2.47. The van der Waals surface area contributed by atoms with E-state index in [9.17, 15) is 19.8 Å². The topological polar surface area (TPSA) is 98.7 Å². The first-order chi connectivity index (χ1) is 21.0. The van der Waals surface area contributed by atoms with Crippen LogP contribution in [0.25, 0.3) is 0 Å². The van der Waals surface area contributed by atoms with Gasteiger partial charge in [-0.2, -0.15) is 0 Å². The Morgan fingerprint density at radius 2 is 0.761 bits per heavy atom. The monoisotopic (exact) mass is 649 g/mol. The zero-order chi connectivity index (χ0) is 35.1. The van der Waals surface area contributed by atoms with Crippen molar-refractivity contribution in [3.05, 3.63) is 0 Å². The van der Waals surface area contributed by atoms with E-state index in [0.29, 0.717) is 37.8 Å². The van der Waals surface area contributed by atoms with E-state index in [2.05, 4.69) is 93.7 Å². The molecule has 0 bridgehead atoms. The highest BCUT2D eigenvalue weighted by atomic mass is 16.3. The van der Waals surface area contributed by atoms with Crippen LogP contribution >= 0.6 is 0 Å². The van der Waals surface area contributed by atoms with Crippen LogP contribution in [0.4, 0.5) is 0 Å². The van der Waals surface area contributed by atoms with Gasteiger partial charge in [-0.25, -0.2) is 0 Å². The van der Waals surface area contributed by atoms with E-state index < -0.39 is 0 Å². The molecule has 0 aliphatic heterocycles. The maximum absolute atomic E-state index is 12.6. The van der Waals surface area contributed by atoms with Gasteiger partial charge in [0.2, 0.25) is 11.8 Å². The van der Waals surface area contributed by atoms with E-state index in [1.165, 1.54) is 0 Å². The second-order valence-electron chi connectivity index (χ2n) is 19.7. The Labute approximate surface area is 284 Å². The Balaban J connectivity index is 1.61. The number of carbonyl (C=O) groups excluding carboxylic acids is 2. The van der Waals surface area contributed by atoms with Gasteiger partial charge in [0.05, 0.1) is 12.2 Å². The van der Waals surface area contributed by atoms with Gasteiger partial charge < -0.3 is 20.8 Å².